The quantitative estimate of drug-likeness (QED) is 0.478. The summed E-state index contributed by atoms with van der Waals surface area (Å²) >= 11 is 0. The minimum absolute atomic E-state index is 0.00131. The molecule has 2 heterocycles. The fraction of sp³-hybridized carbons (Fsp3) is 0.808. The molecule has 194 valence electrons. The monoisotopic (exact) mass is 487 g/mol. The van der Waals surface area contributed by atoms with Crippen molar-refractivity contribution in [3.8, 4) is 6.07 Å². The van der Waals surface area contributed by atoms with Gasteiger partial charge in [-0.25, -0.2) is 0 Å². The molecule has 2 aliphatic heterocycles. The molecule has 0 spiro atoms. The SMILES string of the molecule is CC(C)C[C@H](NC(=O)C(C)(C)C)C(=O)N1C[C@H]2[C@@H]([C@H]1C(=O)N[C@H](C#N)C[C@@H]1CCNC1=O)C2(C)C. The zero-order valence-electron chi connectivity index (χ0n) is 22.1. The van der Waals surface area contributed by atoms with Crippen LogP contribution in [0.3, 0.4) is 0 Å². The van der Waals surface area contributed by atoms with Crippen LogP contribution >= 0.6 is 0 Å². The number of nitriles is 1. The highest BCUT2D eigenvalue weighted by molar-refractivity contribution is 5.94. The molecule has 9 nitrogen and oxygen atoms in total. The number of piperidine rings is 1. The van der Waals surface area contributed by atoms with Crippen molar-refractivity contribution in [1.29, 1.82) is 5.26 Å². The fourth-order valence-corrected chi connectivity index (χ4v) is 5.64. The standard InChI is InChI=1S/C26H41N5O4/c1-14(2)10-18(30-24(35)25(3,4)5)23(34)31-13-17-19(26(17,6)7)20(31)22(33)29-16(12-27)11-15-8-9-28-21(15)32/h14-20H,8-11,13H2,1-7H3,(H,28,32)(H,29,33)(H,30,35)/t15-,16-,17-,18-,19-,20-/m0/s1. The molecule has 0 bridgehead atoms. The lowest BCUT2D eigenvalue weighted by molar-refractivity contribution is -0.144. The van der Waals surface area contributed by atoms with Crippen molar-refractivity contribution in [2.75, 3.05) is 13.1 Å². The number of hydrogen-bond donors (Lipinski definition) is 3. The molecule has 9 heteroatoms. The van der Waals surface area contributed by atoms with Crippen molar-refractivity contribution in [3.63, 3.8) is 0 Å². The van der Waals surface area contributed by atoms with Crippen LogP contribution in [-0.4, -0.2) is 59.7 Å². The van der Waals surface area contributed by atoms with Gasteiger partial charge in [-0.05, 0) is 42.4 Å². The highest BCUT2D eigenvalue weighted by Gasteiger charge is 2.69. The van der Waals surface area contributed by atoms with Crippen LogP contribution in [0, 0.1) is 45.8 Å². The third-order valence-electron chi connectivity index (χ3n) is 7.91. The van der Waals surface area contributed by atoms with E-state index in [2.05, 4.69) is 35.9 Å². The number of nitrogens with one attached hydrogen (secondary N) is 3. The largest absolute Gasteiger partial charge is 0.356 e. The molecule has 6 atom stereocenters. The van der Waals surface area contributed by atoms with Gasteiger partial charge >= 0.3 is 0 Å². The summed E-state index contributed by atoms with van der Waals surface area (Å²) in [6, 6.07) is -0.101. The van der Waals surface area contributed by atoms with Crippen LogP contribution in [0.1, 0.15) is 67.7 Å². The first-order valence-corrected chi connectivity index (χ1v) is 12.8. The van der Waals surface area contributed by atoms with Crippen LogP contribution in [0.4, 0.5) is 0 Å². The Bertz CT molecular complexity index is 916. The molecule has 1 saturated carbocycles. The van der Waals surface area contributed by atoms with E-state index in [4.69, 9.17) is 0 Å². The third kappa shape index (κ3) is 5.62. The van der Waals surface area contributed by atoms with Gasteiger partial charge in [0.2, 0.25) is 23.6 Å². The first-order valence-electron chi connectivity index (χ1n) is 12.8. The van der Waals surface area contributed by atoms with Crippen LogP contribution in [0.2, 0.25) is 0 Å². The molecule has 0 unspecified atom stereocenters. The zero-order chi connectivity index (χ0) is 26.3. The molecule has 0 aromatic carbocycles. The Balaban J connectivity index is 1.78. The van der Waals surface area contributed by atoms with Gasteiger partial charge in [-0.3, -0.25) is 19.2 Å². The van der Waals surface area contributed by atoms with Crippen LogP contribution in [0.25, 0.3) is 0 Å². The molecular formula is C26H41N5O4. The van der Waals surface area contributed by atoms with E-state index in [-0.39, 0.29) is 59.1 Å². The van der Waals surface area contributed by atoms with Gasteiger partial charge in [-0.1, -0.05) is 48.5 Å². The minimum Gasteiger partial charge on any atom is -0.356 e. The maximum absolute atomic E-state index is 13.7. The van der Waals surface area contributed by atoms with Gasteiger partial charge in [-0.2, -0.15) is 5.26 Å². The Labute approximate surface area is 208 Å². The normalized spacial score (nSPS) is 28.5. The Hall–Kier alpha value is -2.63. The summed E-state index contributed by atoms with van der Waals surface area (Å²) in [6.45, 7) is 14.6. The third-order valence-corrected chi connectivity index (χ3v) is 7.91. The number of rotatable bonds is 8. The highest BCUT2D eigenvalue weighted by Crippen LogP contribution is 2.65. The van der Waals surface area contributed by atoms with Crippen molar-refractivity contribution in [2.45, 2.75) is 85.9 Å². The van der Waals surface area contributed by atoms with E-state index in [0.29, 0.717) is 25.9 Å². The second kappa shape index (κ2) is 9.79. The van der Waals surface area contributed by atoms with Crippen LogP contribution < -0.4 is 16.0 Å². The van der Waals surface area contributed by atoms with Gasteiger partial charge < -0.3 is 20.9 Å². The smallest absolute Gasteiger partial charge is 0.245 e. The van der Waals surface area contributed by atoms with Crippen molar-refractivity contribution in [1.82, 2.24) is 20.9 Å². The van der Waals surface area contributed by atoms with E-state index >= 15 is 0 Å². The van der Waals surface area contributed by atoms with Crippen molar-refractivity contribution in [2.24, 2.45) is 34.5 Å². The van der Waals surface area contributed by atoms with Gasteiger partial charge in [0.1, 0.15) is 18.1 Å². The molecule has 35 heavy (non-hydrogen) atoms. The second-order valence-electron chi connectivity index (χ2n) is 12.5. The lowest BCUT2D eigenvalue weighted by Crippen LogP contribution is -2.57. The Morgan fingerprint density at radius 1 is 1.23 bits per heavy atom. The van der Waals surface area contributed by atoms with Crippen LogP contribution in [-0.2, 0) is 19.2 Å². The molecular weight excluding hydrogens is 446 g/mol. The molecule has 0 aromatic heterocycles. The predicted octanol–water partition coefficient (Wildman–Crippen LogP) is 1.58. The Morgan fingerprint density at radius 2 is 1.89 bits per heavy atom. The lowest BCUT2D eigenvalue weighted by Gasteiger charge is -2.34. The summed E-state index contributed by atoms with van der Waals surface area (Å²) in [6.07, 6.45) is 1.37. The minimum atomic E-state index is -0.804. The molecule has 1 aliphatic carbocycles. The summed E-state index contributed by atoms with van der Waals surface area (Å²) < 4.78 is 0. The fourth-order valence-electron chi connectivity index (χ4n) is 5.64. The van der Waals surface area contributed by atoms with E-state index < -0.39 is 23.5 Å². The summed E-state index contributed by atoms with van der Waals surface area (Å²) in [5.41, 5.74) is -0.720. The summed E-state index contributed by atoms with van der Waals surface area (Å²) in [5, 5.41) is 18.2. The first-order chi connectivity index (χ1) is 16.2. The maximum Gasteiger partial charge on any atom is 0.245 e. The highest BCUT2D eigenvalue weighted by atomic mass is 16.2. The number of amides is 4. The molecule has 3 rings (SSSR count). The number of fused-ring (bicyclic) bond motifs is 1. The lowest BCUT2D eigenvalue weighted by atomic mass is 9.93. The molecule has 3 N–H and O–H groups in total. The van der Waals surface area contributed by atoms with Gasteiger partial charge in [-0.15, -0.1) is 0 Å². The van der Waals surface area contributed by atoms with Crippen molar-refractivity contribution < 1.29 is 19.2 Å². The maximum atomic E-state index is 13.7. The zero-order valence-corrected chi connectivity index (χ0v) is 22.1. The van der Waals surface area contributed by atoms with E-state index in [1.807, 2.05) is 13.8 Å². The van der Waals surface area contributed by atoms with E-state index in [1.54, 1.807) is 25.7 Å². The van der Waals surface area contributed by atoms with Gasteiger partial charge in [0, 0.05) is 24.4 Å². The summed E-state index contributed by atoms with van der Waals surface area (Å²) in [5.74, 6) is -0.830. The van der Waals surface area contributed by atoms with E-state index in [1.165, 1.54) is 0 Å². The number of carbonyl (C=O) groups excluding carboxylic acids is 4. The van der Waals surface area contributed by atoms with Gasteiger partial charge in [0.15, 0.2) is 0 Å². The number of likely N-dealkylation sites (tertiary alicyclic amines) is 1. The Morgan fingerprint density at radius 3 is 2.40 bits per heavy atom. The molecule has 3 aliphatic rings. The van der Waals surface area contributed by atoms with Crippen LogP contribution in [0.15, 0.2) is 0 Å². The Kier molecular flexibility index (Phi) is 7.54. The van der Waals surface area contributed by atoms with E-state index in [9.17, 15) is 24.4 Å². The number of hydrogen-bond acceptors (Lipinski definition) is 5. The number of nitrogens with zero attached hydrogens (tertiary/aromatic N) is 2. The predicted molar refractivity (Wildman–Crippen MR) is 130 cm³/mol. The average Bonchev–Trinajstić information content (AvgIpc) is 3.10. The summed E-state index contributed by atoms with van der Waals surface area (Å²) in [7, 11) is 0. The van der Waals surface area contributed by atoms with E-state index in [0.717, 1.165) is 0 Å². The van der Waals surface area contributed by atoms with Gasteiger partial charge in [0.25, 0.3) is 0 Å². The average molecular weight is 488 g/mol. The molecule has 0 aromatic rings. The van der Waals surface area contributed by atoms with Crippen LogP contribution in [0.5, 0.6) is 0 Å². The summed E-state index contributed by atoms with van der Waals surface area (Å²) in [4.78, 5) is 53.5. The van der Waals surface area contributed by atoms with Crippen molar-refractivity contribution in [3.05, 3.63) is 0 Å². The second-order valence-corrected chi connectivity index (χ2v) is 12.5. The number of carbonyl (C=O) groups is 4. The van der Waals surface area contributed by atoms with Gasteiger partial charge in [0.05, 0.1) is 6.07 Å². The molecule has 2 saturated heterocycles. The topological polar surface area (TPSA) is 131 Å². The molecule has 3 fully saturated rings. The molecule has 4 amide bonds. The first kappa shape index (κ1) is 27.0. The van der Waals surface area contributed by atoms with Crippen molar-refractivity contribution >= 4 is 23.6 Å². The molecule has 0 radical (unpaired) electrons.